The van der Waals surface area contributed by atoms with Crippen molar-refractivity contribution in [2.24, 2.45) is 5.10 Å². The van der Waals surface area contributed by atoms with Crippen LogP contribution >= 0.6 is 15.9 Å². The molecular formula is C25H41BrN2O. The standard InChI is InChI=1S/C25H41BrN2O/c1-2-3-4-5-6-7-8-9-10-11-12-13-14-15-16-21-25(29)28-27-22-23-19-17-18-20-24(23)26/h17-20,22H,2-16,21H2,1H3,(H,28,29). The molecule has 0 fully saturated rings. The van der Waals surface area contributed by atoms with Crippen LogP contribution < -0.4 is 5.43 Å². The maximum atomic E-state index is 11.8. The molecule has 1 aromatic rings. The summed E-state index contributed by atoms with van der Waals surface area (Å²) in [6.45, 7) is 2.28. The van der Waals surface area contributed by atoms with E-state index in [0.717, 1.165) is 22.9 Å². The van der Waals surface area contributed by atoms with Crippen LogP contribution in [0, 0.1) is 0 Å². The van der Waals surface area contributed by atoms with Crippen LogP contribution in [0.3, 0.4) is 0 Å². The number of carbonyl (C=O) groups is 1. The lowest BCUT2D eigenvalue weighted by molar-refractivity contribution is -0.121. The summed E-state index contributed by atoms with van der Waals surface area (Å²) in [4.78, 5) is 11.8. The topological polar surface area (TPSA) is 41.5 Å². The lowest BCUT2D eigenvalue weighted by Gasteiger charge is -2.03. The molecule has 1 amide bonds. The summed E-state index contributed by atoms with van der Waals surface area (Å²) in [5.41, 5.74) is 3.58. The van der Waals surface area contributed by atoms with E-state index in [4.69, 9.17) is 0 Å². The van der Waals surface area contributed by atoms with Gasteiger partial charge in [0.1, 0.15) is 0 Å². The summed E-state index contributed by atoms with van der Waals surface area (Å²) in [5, 5.41) is 4.04. The van der Waals surface area contributed by atoms with E-state index in [2.05, 4.69) is 33.4 Å². The van der Waals surface area contributed by atoms with Crippen LogP contribution in [0.2, 0.25) is 0 Å². The molecule has 1 rings (SSSR count). The first-order valence-electron chi connectivity index (χ1n) is 11.8. The van der Waals surface area contributed by atoms with Crippen LogP contribution in [0.25, 0.3) is 0 Å². The van der Waals surface area contributed by atoms with E-state index in [9.17, 15) is 4.79 Å². The molecular weight excluding hydrogens is 424 g/mol. The zero-order valence-corrected chi connectivity index (χ0v) is 20.0. The average Bonchev–Trinajstić information content (AvgIpc) is 2.72. The fraction of sp³-hybridized carbons (Fsp3) is 0.680. The van der Waals surface area contributed by atoms with E-state index in [1.807, 2.05) is 24.3 Å². The third kappa shape index (κ3) is 15.4. The van der Waals surface area contributed by atoms with E-state index < -0.39 is 0 Å². The number of carbonyl (C=O) groups excluding carboxylic acids is 1. The summed E-state index contributed by atoms with van der Waals surface area (Å²) in [6, 6.07) is 7.81. The van der Waals surface area contributed by atoms with Crippen molar-refractivity contribution in [3.8, 4) is 0 Å². The molecule has 4 heteroatoms. The molecule has 164 valence electrons. The fourth-order valence-electron chi connectivity index (χ4n) is 3.47. The quantitative estimate of drug-likeness (QED) is 0.133. The van der Waals surface area contributed by atoms with Crippen molar-refractivity contribution >= 4 is 28.1 Å². The third-order valence-electron chi connectivity index (χ3n) is 5.31. The van der Waals surface area contributed by atoms with Crippen molar-refractivity contribution in [3.05, 3.63) is 34.3 Å². The molecule has 0 radical (unpaired) electrons. The molecule has 0 unspecified atom stereocenters. The smallest absolute Gasteiger partial charge is 0.240 e. The van der Waals surface area contributed by atoms with E-state index in [0.29, 0.717) is 6.42 Å². The molecule has 0 saturated carbocycles. The van der Waals surface area contributed by atoms with Crippen molar-refractivity contribution in [2.45, 2.75) is 110 Å². The number of unbranched alkanes of at least 4 members (excludes halogenated alkanes) is 14. The number of nitrogens with one attached hydrogen (secondary N) is 1. The van der Waals surface area contributed by atoms with Gasteiger partial charge in [0.15, 0.2) is 0 Å². The predicted octanol–water partition coefficient (Wildman–Crippen LogP) is 8.16. The molecule has 0 aliphatic carbocycles. The Balaban J connectivity index is 1.85. The minimum Gasteiger partial charge on any atom is -0.273 e. The highest BCUT2D eigenvalue weighted by molar-refractivity contribution is 9.10. The molecule has 0 aromatic heterocycles. The number of halogens is 1. The lowest BCUT2D eigenvalue weighted by Crippen LogP contribution is -2.16. The van der Waals surface area contributed by atoms with Gasteiger partial charge in [0, 0.05) is 16.5 Å². The maximum Gasteiger partial charge on any atom is 0.240 e. The molecule has 1 N–H and O–H groups in total. The van der Waals surface area contributed by atoms with Crippen molar-refractivity contribution in [1.82, 2.24) is 5.43 Å². The average molecular weight is 466 g/mol. The summed E-state index contributed by atoms with van der Waals surface area (Å²) in [7, 11) is 0. The number of nitrogens with zero attached hydrogens (tertiary/aromatic N) is 1. The fourth-order valence-corrected chi connectivity index (χ4v) is 3.85. The monoisotopic (exact) mass is 464 g/mol. The molecule has 1 aromatic carbocycles. The van der Waals surface area contributed by atoms with Crippen LogP contribution in [-0.4, -0.2) is 12.1 Å². The van der Waals surface area contributed by atoms with Gasteiger partial charge in [-0.2, -0.15) is 5.10 Å². The van der Waals surface area contributed by atoms with Crippen LogP contribution in [0.15, 0.2) is 33.8 Å². The molecule has 0 atom stereocenters. The van der Waals surface area contributed by atoms with Crippen molar-refractivity contribution < 1.29 is 4.79 Å². The highest BCUT2D eigenvalue weighted by Gasteiger charge is 2.00. The Bertz CT molecular complexity index is 560. The second kappa shape index (κ2) is 18.8. The maximum absolute atomic E-state index is 11.8. The first-order valence-corrected chi connectivity index (χ1v) is 12.6. The van der Waals surface area contributed by atoms with E-state index in [-0.39, 0.29) is 5.91 Å². The van der Waals surface area contributed by atoms with Gasteiger partial charge < -0.3 is 0 Å². The molecule has 0 saturated heterocycles. The SMILES string of the molecule is CCCCCCCCCCCCCCCCCC(=O)NN=Cc1ccccc1Br. The highest BCUT2D eigenvalue weighted by atomic mass is 79.9. The molecule has 0 heterocycles. The van der Waals surface area contributed by atoms with Crippen LogP contribution in [0.4, 0.5) is 0 Å². The second-order valence-electron chi connectivity index (χ2n) is 8.01. The number of rotatable bonds is 18. The molecule has 29 heavy (non-hydrogen) atoms. The first-order chi connectivity index (χ1) is 14.2. The molecule has 0 spiro atoms. The van der Waals surface area contributed by atoms with Crippen molar-refractivity contribution in [1.29, 1.82) is 0 Å². The minimum atomic E-state index is 0.00278. The van der Waals surface area contributed by atoms with E-state index >= 15 is 0 Å². The number of hydrazone groups is 1. The Morgan fingerprint density at radius 2 is 1.31 bits per heavy atom. The summed E-state index contributed by atoms with van der Waals surface area (Å²) in [6.07, 6.45) is 22.3. The number of benzene rings is 1. The Labute approximate surface area is 187 Å². The van der Waals surface area contributed by atoms with Gasteiger partial charge in [0.2, 0.25) is 5.91 Å². The molecule has 0 bridgehead atoms. The van der Waals surface area contributed by atoms with Gasteiger partial charge in [-0.3, -0.25) is 4.79 Å². The summed E-state index contributed by atoms with van der Waals surface area (Å²) in [5.74, 6) is 0.00278. The molecule has 3 nitrogen and oxygen atoms in total. The van der Waals surface area contributed by atoms with Gasteiger partial charge in [-0.25, -0.2) is 5.43 Å². The molecule has 0 aliphatic rings. The predicted molar refractivity (Wildman–Crippen MR) is 129 cm³/mol. The van der Waals surface area contributed by atoms with Gasteiger partial charge in [-0.15, -0.1) is 0 Å². The second-order valence-corrected chi connectivity index (χ2v) is 8.87. The van der Waals surface area contributed by atoms with Gasteiger partial charge in [-0.05, 0) is 12.5 Å². The minimum absolute atomic E-state index is 0.00278. The van der Waals surface area contributed by atoms with Crippen LogP contribution in [0.5, 0.6) is 0 Å². The third-order valence-corrected chi connectivity index (χ3v) is 6.03. The zero-order valence-electron chi connectivity index (χ0n) is 18.4. The van der Waals surface area contributed by atoms with Gasteiger partial charge >= 0.3 is 0 Å². The molecule has 0 aliphatic heterocycles. The van der Waals surface area contributed by atoms with Crippen molar-refractivity contribution in [3.63, 3.8) is 0 Å². The highest BCUT2D eigenvalue weighted by Crippen LogP contribution is 2.14. The normalized spacial score (nSPS) is 11.2. The number of amides is 1. The van der Waals surface area contributed by atoms with E-state index in [1.54, 1.807) is 6.21 Å². The Kier molecular flexibility index (Phi) is 16.8. The Hall–Kier alpha value is -1.16. The van der Waals surface area contributed by atoms with Crippen LogP contribution in [0.1, 0.15) is 115 Å². The van der Waals surface area contributed by atoms with Gasteiger partial charge in [-0.1, -0.05) is 131 Å². The van der Waals surface area contributed by atoms with Crippen LogP contribution in [-0.2, 0) is 4.79 Å². The van der Waals surface area contributed by atoms with Crippen molar-refractivity contribution in [2.75, 3.05) is 0 Å². The number of hydrogen-bond donors (Lipinski definition) is 1. The largest absolute Gasteiger partial charge is 0.273 e. The summed E-state index contributed by atoms with van der Waals surface area (Å²) >= 11 is 3.46. The Morgan fingerprint density at radius 3 is 1.83 bits per heavy atom. The summed E-state index contributed by atoms with van der Waals surface area (Å²) < 4.78 is 0.973. The Morgan fingerprint density at radius 1 is 0.828 bits per heavy atom. The lowest BCUT2D eigenvalue weighted by atomic mass is 10.0. The zero-order chi connectivity index (χ0) is 21.0. The first kappa shape index (κ1) is 25.9. The van der Waals surface area contributed by atoms with Gasteiger partial charge in [0.25, 0.3) is 0 Å². The van der Waals surface area contributed by atoms with E-state index in [1.165, 1.54) is 83.5 Å². The van der Waals surface area contributed by atoms with Gasteiger partial charge in [0.05, 0.1) is 6.21 Å². The number of hydrogen-bond acceptors (Lipinski definition) is 2.